The maximum atomic E-state index is 9.20. The van der Waals surface area contributed by atoms with Crippen LogP contribution in [0.25, 0.3) is 0 Å². The maximum absolute atomic E-state index is 9.20. The monoisotopic (exact) mass is 210 g/mol. The lowest BCUT2D eigenvalue weighted by molar-refractivity contribution is 0.450. The van der Waals surface area contributed by atoms with Crippen LogP contribution in [0.3, 0.4) is 0 Å². The summed E-state index contributed by atoms with van der Waals surface area (Å²) >= 11 is 0. The fourth-order valence-corrected chi connectivity index (χ4v) is 1.30. The van der Waals surface area contributed by atoms with Gasteiger partial charge in [0.15, 0.2) is 0 Å². The minimum atomic E-state index is -0.872. The molecule has 2 nitrogen and oxygen atoms in total. The summed E-state index contributed by atoms with van der Waals surface area (Å²) in [5, 5.41) is 21.5. The predicted molar refractivity (Wildman–Crippen MR) is 62.0 cm³/mol. The summed E-state index contributed by atoms with van der Waals surface area (Å²) in [5.74, 6) is 3.01. The van der Waals surface area contributed by atoms with Gasteiger partial charge in [0.1, 0.15) is 11.5 Å². The van der Waals surface area contributed by atoms with Crippen LogP contribution in [0.5, 0.6) is 11.5 Å². The van der Waals surface area contributed by atoms with Gasteiger partial charge in [-0.2, -0.15) is 10.0 Å². The second-order valence-corrected chi connectivity index (χ2v) is 7.68. The third-order valence-electron chi connectivity index (χ3n) is 1.40. The highest BCUT2D eigenvalue weighted by molar-refractivity contribution is 8.35. The van der Waals surface area contributed by atoms with Crippen molar-refractivity contribution >= 4 is 10.0 Å². The highest BCUT2D eigenvalue weighted by atomic mass is 32.3. The van der Waals surface area contributed by atoms with Gasteiger partial charge in [-0.25, -0.2) is 0 Å². The van der Waals surface area contributed by atoms with Gasteiger partial charge in [0.25, 0.3) is 0 Å². The van der Waals surface area contributed by atoms with E-state index in [0.29, 0.717) is 5.56 Å². The lowest BCUT2D eigenvalue weighted by Gasteiger charge is -2.14. The summed E-state index contributed by atoms with van der Waals surface area (Å²) < 4.78 is 0. The van der Waals surface area contributed by atoms with Crippen molar-refractivity contribution in [3.63, 3.8) is 0 Å². The zero-order valence-electron chi connectivity index (χ0n) is 8.53. The molecule has 76 valence electrons. The summed E-state index contributed by atoms with van der Waals surface area (Å²) in [6, 6.07) is 4.37. The van der Waals surface area contributed by atoms with E-state index >= 15 is 0 Å². The van der Waals surface area contributed by atoms with Gasteiger partial charge in [0, 0.05) is 11.6 Å². The Morgan fingerprint density at radius 3 is 1.93 bits per heavy atom. The van der Waals surface area contributed by atoms with Crippen molar-refractivity contribution in [1.82, 2.24) is 0 Å². The Labute approximate surface area is 85.9 Å². The second kappa shape index (κ2) is 3.85. The Balaban J connectivity index is 3.02. The van der Waals surface area contributed by atoms with Crippen LogP contribution in [0, 0.1) is 11.2 Å². The molecule has 3 heteroatoms. The predicted octanol–water partition coefficient (Wildman–Crippen LogP) is 2.10. The fourth-order valence-electron chi connectivity index (χ4n) is 0.879. The molecule has 0 aromatic heterocycles. The van der Waals surface area contributed by atoms with Gasteiger partial charge < -0.3 is 10.2 Å². The van der Waals surface area contributed by atoms with Crippen molar-refractivity contribution in [1.29, 1.82) is 0 Å². The molecule has 2 N–H and O–H groups in total. The molecule has 0 spiro atoms. The maximum Gasteiger partial charge on any atom is 0.120 e. The van der Waals surface area contributed by atoms with Crippen LogP contribution in [0.4, 0.5) is 0 Å². The summed E-state index contributed by atoms with van der Waals surface area (Å²) in [6.07, 6.45) is 6.26. The van der Waals surface area contributed by atoms with E-state index in [4.69, 9.17) is 0 Å². The van der Waals surface area contributed by atoms with E-state index in [0.717, 1.165) is 0 Å². The van der Waals surface area contributed by atoms with E-state index in [1.807, 2.05) is 0 Å². The third kappa shape index (κ3) is 3.63. The van der Waals surface area contributed by atoms with E-state index in [1.54, 1.807) is 0 Å². The molecule has 0 saturated heterocycles. The molecule has 0 radical (unpaired) electrons. The van der Waals surface area contributed by atoms with Crippen LogP contribution in [0.2, 0.25) is 0 Å². The van der Waals surface area contributed by atoms with Gasteiger partial charge in [-0.15, -0.1) is 0 Å². The number of phenols is 2. The van der Waals surface area contributed by atoms with Crippen LogP contribution < -0.4 is 0 Å². The SMILES string of the molecule is CS(C)(C)C#Cc1cc(O)cc(O)c1. The number of benzene rings is 1. The number of hydrogen-bond donors (Lipinski definition) is 2. The minimum Gasteiger partial charge on any atom is -0.508 e. The Bertz CT molecular complexity index is 374. The van der Waals surface area contributed by atoms with Crippen LogP contribution >= 0.6 is 10.0 Å². The van der Waals surface area contributed by atoms with Crippen molar-refractivity contribution < 1.29 is 10.2 Å². The number of hydrogen-bond acceptors (Lipinski definition) is 2. The lowest BCUT2D eigenvalue weighted by Crippen LogP contribution is -1.85. The quantitative estimate of drug-likeness (QED) is 0.644. The summed E-state index contributed by atoms with van der Waals surface area (Å²) in [6.45, 7) is 0. The van der Waals surface area contributed by atoms with Gasteiger partial charge in [0.2, 0.25) is 0 Å². The molecular formula is C11H14O2S. The molecule has 1 rings (SSSR count). The van der Waals surface area contributed by atoms with Gasteiger partial charge in [0.05, 0.1) is 0 Å². The summed E-state index contributed by atoms with van der Waals surface area (Å²) in [7, 11) is -0.872. The lowest BCUT2D eigenvalue weighted by atomic mass is 10.2. The first-order valence-corrected chi connectivity index (χ1v) is 6.97. The molecule has 0 saturated carbocycles. The van der Waals surface area contributed by atoms with Crippen molar-refractivity contribution in [2.75, 3.05) is 18.8 Å². The number of phenolic OH excluding ortho intramolecular Hbond substituents is 2. The standard InChI is InChI=1S/C11H14O2S/c1-14(2,3)5-4-9-6-10(12)8-11(13)7-9/h6-8,12-13H,1-3H3. The third-order valence-corrected chi connectivity index (χ3v) is 2.12. The summed E-state index contributed by atoms with van der Waals surface area (Å²) in [4.78, 5) is 0. The molecule has 0 aliphatic heterocycles. The van der Waals surface area contributed by atoms with Crippen LogP contribution in [-0.2, 0) is 0 Å². The van der Waals surface area contributed by atoms with Crippen LogP contribution in [0.1, 0.15) is 5.56 Å². The first-order chi connectivity index (χ1) is 6.37. The molecule has 0 fully saturated rings. The molecule has 0 bridgehead atoms. The Kier molecular flexibility index (Phi) is 2.97. The Hall–Kier alpha value is -1.27. The highest BCUT2D eigenvalue weighted by Gasteiger charge is 1.98. The van der Waals surface area contributed by atoms with Crippen molar-refractivity contribution in [3.05, 3.63) is 23.8 Å². The van der Waals surface area contributed by atoms with Gasteiger partial charge in [-0.05, 0) is 36.2 Å². The van der Waals surface area contributed by atoms with Gasteiger partial charge in [-0.3, -0.25) is 0 Å². The van der Waals surface area contributed by atoms with E-state index in [1.165, 1.54) is 18.2 Å². The van der Waals surface area contributed by atoms with E-state index in [9.17, 15) is 10.2 Å². The van der Waals surface area contributed by atoms with E-state index < -0.39 is 10.0 Å². The van der Waals surface area contributed by atoms with Crippen LogP contribution in [0.15, 0.2) is 18.2 Å². The minimum absolute atomic E-state index is 0.0400. The summed E-state index contributed by atoms with van der Waals surface area (Å²) in [5.41, 5.74) is 0.643. The van der Waals surface area contributed by atoms with Gasteiger partial charge in [-0.1, -0.05) is 5.92 Å². The van der Waals surface area contributed by atoms with E-state index in [-0.39, 0.29) is 11.5 Å². The fraction of sp³-hybridized carbons (Fsp3) is 0.273. The molecule has 0 amide bonds. The molecule has 0 aliphatic carbocycles. The molecule has 0 heterocycles. The topological polar surface area (TPSA) is 40.5 Å². The smallest absolute Gasteiger partial charge is 0.120 e. The first-order valence-electron chi connectivity index (χ1n) is 4.11. The van der Waals surface area contributed by atoms with Crippen LogP contribution in [-0.4, -0.2) is 29.0 Å². The molecular weight excluding hydrogens is 196 g/mol. The molecule has 0 aliphatic rings. The molecule has 0 unspecified atom stereocenters. The van der Waals surface area contributed by atoms with Crippen molar-refractivity contribution in [2.45, 2.75) is 0 Å². The average Bonchev–Trinajstić information content (AvgIpc) is 1.97. The molecule has 0 atom stereocenters. The molecule has 1 aromatic rings. The Morgan fingerprint density at radius 2 is 1.50 bits per heavy atom. The van der Waals surface area contributed by atoms with Crippen molar-refractivity contribution in [3.8, 4) is 22.7 Å². The largest absolute Gasteiger partial charge is 0.508 e. The normalized spacial score (nSPS) is 11.6. The van der Waals surface area contributed by atoms with Gasteiger partial charge >= 0.3 is 0 Å². The molecule has 1 aromatic carbocycles. The van der Waals surface area contributed by atoms with Crippen molar-refractivity contribution in [2.24, 2.45) is 0 Å². The zero-order valence-corrected chi connectivity index (χ0v) is 9.35. The second-order valence-electron chi connectivity index (χ2n) is 3.80. The number of rotatable bonds is 0. The highest BCUT2D eigenvalue weighted by Crippen LogP contribution is 2.32. The number of aromatic hydroxyl groups is 2. The van der Waals surface area contributed by atoms with E-state index in [2.05, 4.69) is 29.9 Å². The first kappa shape index (κ1) is 10.8. The zero-order chi connectivity index (χ0) is 10.8. The Morgan fingerprint density at radius 1 is 1.00 bits per heavy atom. The average molecular weight is 210 g/mol. The molecule has 14 heavy (non-hydrogen) atoms.